The molecule has 0 amide bonds. The highest BCUT2D eigenvalue weighted by molar-refractivity contribution is 5.20. The Kier molecular flexibility index (Phi) is 2.24. The van der Waals surface area contributed by atoms with Gasteiger partial charge in [0.25, 0.3) is 0 Å². The molecule has 0 heterocycles. The zero-order valence-electron chi connectivity index (χ0n) is 11.9. The minimum atomic E-state index is -1.56. The van der Waals surface area contributed by atoms with Gasteiger partial charge in [-0.2, -0.15) is 0 Å². The molecule has 3 fully saturated rings. The van der Waals surface area contributed by atoms with Crippen molar-refractivity contribution in [2.45, 2.75) is 64.8 Å². The second-order valence-electron chi connectivity index (χ2n) is 8.09. The monoisotopic (exact) mass is 254 g/mol. The average molecular weight is 254 g/mol. The van der Waals surface area contributed by atoms with Gasteiger partial charge in [0.1, 0.15) is 0 Å². The second kappa shape index (κ2) is 3.13. The molecule has 3 rings (SSSR count). The summed E-state index contributed by atoms with van der Waals surface area (Å²) >= 11 is 0. The van der Waals surface area contributed by atoms with Crippen LogP contribution in [0.1, 0.15) is 53.4 Å². The Hall–Kier alpha value is -0.120. The molecule has 0 aliphatic heterocycles. The maximum absolute atomic E-state index is 10.6. The minimum Gasteiger partial charge on any atom is -0.390 e. The van der Waals surface area contributed by atoms with Crippen molar-refractivity contribution in [1.29, 1.82) is 0 Å². The van der Waals surface area contributed by atoms with E-state index in [-0.39, 0.29) is 22.7 Å². The van der Waals surface area contributed by atoms with Gasteiger partial charge in [-0.1, -0.05) is 20.8 Å². The van der Waals surface area contributed by atoms with Crippen molar-refractivity contribution in [2.24, 2.45) is 28.6 Å². The first-order valence-corrected chi connectivity index (χ1v) is 7.21. The van der Waals surface area contributed by atoms with E-state index in [9.17, 15) is 15.3 Å². The van der Waals surface area contributed by atoms with Gasteiger partial charge >= 0.3 is 0 Å². The second-order valence-corrected chi connectivity index (χ2v) is 8.09. The molecule has 0 aromatic carbocycles. The normalized spacial score (nSPS) is 56.5. The Morgan fingerprint density at radius 3 is 2.17 bits per heavy atom. The summed E-state index contributed by atoms with van der Waals surface area (Å²) < 4.78 is 0. The van der Waals surface area contributed by atoms with E-state index in [4.69, 9.17) is 0 Å². The molecule has 0 aromatic heterocycles. The molecule has 0 radical (unpaired) electrons. The Bertz CT molecular complexity index is 385. The molecule has 3 aliphatic carbocycles. The van der Waals surface area contributed by atoms with Gasteiger partial charge in [0.15, 0.2) is 5.79 Å². The standard InChI is InChI=1S/C15H26O3/c1-9-7-15(17,18)11-12(2,3)10-8-14(9,11)6-5-13(10,4)16/h9-11,16-18H,5-8H2,1-4H3/t9-,10-,11+,13-,14+/m1/s1. The van der Waals surface area contributed by atoms with Crippen LogP contribution in [0.4, 0.5) is 0 Å². The molecular weight excluding hydrogens is 228 g/mol. The minimum absolute atomic E-state index is 0.0277. The number of fused-ring (bicyclic) bond motifs is 1. The van der Waals surface area contributed by atoms with E-state index in [0.29, 0.717) is 12.3 Å². The first-order chi connectivity index (χ1) is 8.04. The van der Waals surface area contributed by atoms with Crippen LogP contribution in [-0.4, -0.2) is 26.7 Å². The van der Waals surface area contributed by atoms with Crippen LogP contribution in [0.25, 0.3) is 0 Å². The summed E-state index contributed by atoms with van der Waals surface area (Å²) in [5.74, 6) is -1.16. The predicted octanol–water partition coefficient (Wildman–Crippen LogP) is 1.90. The van der Waals surface area contributed by atoms with Gasteiger partial charge in [0, 0.05) is 12.3 Å². The summed E-state index contributed by atoms with van der Waals surface area (Å²) in [4.78, 5) is 0. The molecule has 3 heteroatoms. The molecule has 0 saturated heterocycles. The van der Waals surface area contributed by atoms with Crippen molar-refractivity contribution >= 4 is 0 Å². The molecule has 18 heavy (non-hydrogen) atoms. The van der Waals surface area contributed by atoms with Crippen LogP contribution < -0.4 is 0 Å². The Labute approximate surface area is 109 Å². The van der Waals surface area contributed by atoms with Gasteiger partial charge in [-0.25, -0.2) is 0 Å². The van der Waals surface area contributed by atoms with Crippen molar-refractivity contribution in [1.82, 2.24) is 0 Å². The molecule has 3 N–H and O–H groups in total. The lowest BCUT2D eigenvalue weighted by Crippen LogP contribution is -2.47. The lowest BCUT2D eigenvalue weighted by atomic mass is 9.64. The van der Waals surface area contributed by atoms with E-state index < -0.39 is 11.4 Å². The number of hydrogen-bond acceptors (Lipinski definition) is 3. The van der Waals surface area contributed by atoms with Crippen LogP contribution in [0.5, 0.6) is 0 Å². The fraction of sp³-hybridized carbons (Fsp3) is 1.00. The molecule has 0 aromatic rings. The van der Waals surface area contributed by atoms with Crippen molar-refractivity contribution in [2.75, 3.05) is 0 Å². The average Bonchev–Trinajstić information content (AvgIpc) is 2.52. The molecule has 0 unspecified atom stereocenters. The van der Waals surface area contributed by atoms with Gasteiger partial charge in [0.05, 0.1) is 5.60 Å². The van der Waals surface area contributed by atoms with E-state index in [2.05, 4.69) is 20.8 Å². The maximum atomic E-state index is 10.6. The van der Waals surface area contributed by atoms with Crippen molar-refractivity contribution in [3.8, 4) is 0 Å². The third-order valence-corrected chi connectivity index (χ3v) is 6.70. The lowest BCUT2D eigenvalue weighted by molar-refractivity contribution is -0.218. The van der Waals surface area contributed by atoms with Crippen LogP contribution in [0.15, 0.2) is 0 Å². The molecule has 5 atom stereocenters. The van der Waals surface area contributed by atoms with E-state index in [1.807, 2.05) is 6.92 Å². The van der Waals surface area contributed by atoms with E-state index in [1.54, 1.807) is 0 Å². The molecule has 3 nitrogen and oxygen atoms in total. The first-order valence-electron chi connectivity index (χ1n) is 7.21. The first kappa shape index (κ1) is 12.9. The SMILES string of the molecule is C[C@@H]1CC(O)(O)[C@H]2C(C)(C)[C@H]3C[C@@]12CC[C@@]3(C)O. The van der Waals surface area contributed by atoms with Crippen LogP contribution >= 0.6 is 0 Å². The van der Waals surface area contributed by atoms with Gasteiger partial charge < -0.3 is 15.3 Å². The van der Waals surface area contributed by atoms with Gasteiger partial charge in [0.2, 0.25) is 0 Å². The topological polar surface area (TPSA) is 60.7 Å². The third-order valence-electron chi connectivity index (χ3n) is 6.70. The van der Waals surface area contributed by atoms with E-state index in [1.165, 1.54) is 0 Å². The summed E-state index contributed by atoms with van der Waals surface area (Å²) in [6, 6.07) is 0. The Balaban J connectivity index is 2.14. The predicted molar refractivity (Wildman–Crippen MR) is 68.6 cm³/mol. The molecule has 104 valence electrons. The summed E-state index contributed by atoms with van der Waals surface area (Å²) in [6.45, 7) is 8.31. The molecule has 1 spiro atoms. The maximum Gasteiger partial charge on any atom is 0.166 e. The van der Waals surface area contributed by atoms with Gasteiger partial charge in [-0.05, 0) is 48.9 Å². The fourth-order valence-corrected chi connectivity index (χ4v) is 6.19. The van der Waals surface area contributed by atoms with Crippen molar-refractivity contribution in [3.05, 3.63) is 0 Å². The summed E-state index contributed by atoms with van der Waals surface area (Å²) in [7, 11) is 0. The third kappa shape index (κ3) is 1.26. The van der Waals surface area contributed by atoms with E-state index >= 15 is 0 Å². The molecule has 3 aliphatic rings. The van der Waals surface area contributed by atoms with E-state index in [0.717, 1.165) is 19.3 Å². The quantitative estimate of drug-likeness (QED) is 0.579. The Morgan fingerprint density at radius 1 is 0.944 bits per heavy atom. The highest BCUT2D eigenvalue weighted by Gasteiger charge is 2.74. The summed E-state index contributed by atoms with van der Waals surface area (Å²) in [5, 5.41) is 31.6. The number of hydrogen-bond donors (Lipinski definition) is 3. The number of rotatable bonds is 0. The highest BCUT2D eigenvalue weighted by atomic mass is 16.5. The van der Waals surface area contributed by atoms with Crippen LogP contribution in [-0.2, 0) is 0 Å². The fourth-order valence-electron chi connectivity index (χ4n) is 6.19. The summed E-state index contributed by atoms with van der Waals surface area (Å²) in [6.07, 6.45) is 3.14. The molecular formula is C15H26O3. The van der Waals surface area contributed by atoms with Crippen LogP contribution in [0.2, 0.25) is 0 Å². The molecule has 2 bridgehead atoms. The van der Waals surface area contributed by atoms with Crippen LogP contribution in [0.3, 0.4) is 0 Å². The smallest absolute Gasteiger partial charge is 0.166 e. The van der Waals surface area contributed by atoms with Gasteiger partial charge in [-0.15, -0.1) is 0 Å². The zero-order valence-corrected chi connectivity index (χ0v) is 11.9. The molecule has 3 saturated carbocycles. The van der Waals surface area contributed by atoms with Crippen LogP contribution in [0, 0.1) is 28.6 Å². The summed E-state index contributed by atoms with van der Waals surface area (Å²) in [5.41, 5.74) is -0.844. The van der Waals surface area contributed by atoms with Crippen molar-refractivity contribution < 1.29 is 15.3 Å². The number of aliphatic hydroxyl groups is 3. The van der Waals surface area contributed by atoms with Crippen molar-refractivity contribution in [3.63, 3.8) is 0 Å². The lowest BCUT2D eigenvalue weighted by Gasteiger charge is -2.44. The highest BCUT2D eigenvalue weighted by Crippen LogP contribution is 2.74. The largest absolute Gasteiger partial charge is 0.390 e. The zero-order chi connectivity index (χ0) is 13.6. The Morgan fingerprint density at radius 2 is 1.56 bits per heavy atom. The van der Waals surface area contributed by atoms with Gasteiger partial charge in [-0.3, -0.25) is 0 Å².